The number of nitrogens with two attached hydrogens (primary N) is 2. The largest absolute Gasteiger partial charge is 0.481 e. The smallest absolute Gasteiger partial charge is 0.326 e. The number of rotatable bonds is 40. The number of carboxylic acid groups (broad SMARTS) is 4. The van der Waals surface area contributed by atoms with Gasteiger partial charge < -0.3 is 90.0 Å². The third kappa shape index (κ3) is 27.8. The predicted octanol–water partition coefficient (Wildman–Crippen LogP) is -4.22. The van der Waals surface area contributed by atoms with E-state index in [0.717, 1.165) is 6.92 Å². The molecule has 0 aliphatic rings. The Balaban J connectivity index is 3.48. The normalized spacial score (nSPS) is 15.2. The van der Waals surface area contributed by atoms with Gasteiger partial charge >= 0.3 is 23.9 Å². The van der Waals surface area contributed by atoms with Crippen LogP contribution in [0.25, 0.3) is 0 Å². The van der Waals surface area contributed by atoms with Gasteiger partial charge in [-0.2, -0.15) is 11.8 Å². The number of carboxylic acids is 4. The summed E-state index contributed by atoms with van der Waals surface area (Å²) < 4.78 is 0. The number of thioether (sulfide) groups is 1. The monoisotopic (exact) mass is 1180 g/mol. The van der Waals surface area contributed by atoms with E-state index in [-0.39, 0.29) is 43.8 Å². The fraction of sp³-hybridized carbons (Fsp3) is 0.627. The SMILES string of the molecule is CSCC[C@H](NC(=O)[C@H](CC(=O)O)NC(=O)[C@H](CC(C)C)NC(=O)[C@@H](NC(=O)[C@H](CC(=O)O)NC(=O)[C@H](CC(=O)O)NC(=O)[C@H](Cc1ccccc1)NC(=O)[C@@H](N)CO)[C@@H](C)O)C(=O)N[C@@H](CC(C)C)C(=O)N[C@@H](CCCCN)C(=O)O. The Hall–Kier alpha value is -7.48. The molecule has 0 spiro atoms. The molecular weight excluding hydrogens is 1100 g/mol. The molecule has 1 aromatic carbocycles. The van der Waals surface area contributed by atoms with Gasteiger partial charge in [-0.3, -0.25) is 57.5 Å². The molecule has 460 valence electrons. The van der Waals surface area contributed by atoms with Gasteiger partial charge in [0.2, 0.25) is 53.2 Å². The zero-order chi connectivity index (χ0) is 62.4. The Morgan fingerprint density at radius 3 is 1.27 bits per heavy atom. The summed E-state index contributed by atoms with van der Waals surface area (Å²) in [6.45, 7) is 7.19. The zero-order valence-corrected chi connectivity index (χ0v) is 47.5. The van der Waals surface area contributed by atoms with E-state index in [1.165, 1.54) is 11.8 Å². The van der Waals surface area contributed by atoms with Gasteiger partial charge in [0.15, 0.2) is 0 Å². The molecule has 0 aliphatic carbocycles. The van der Waals surface area contributed by atoms with Crippen molar-refractivity contribution in [3.8, 4) is 0 Å². The van der Waals surface area contributed by atoms with E-state index in [1.54, 1.807) is 64.3 Å². The number of aliphatic hydroxyl groups excluding tert-OH is 2. The summed E-state index contributed by atoms with van der Waals surface area (Å²) in [6, 6.07) is -8.86. The highest BCUT2D eigenvalue weighted by atomic mass is 32.2. The van der Waals surface area contributed by atoms with Gasteiger partial charge in [-0.15, -0.1) is 0 Å². The van der Waals surface area contributed by atoms with Gasteiger partial charge in [-0.25, -0.2) is 4.79 Å². The van der Waals surface area contributed by atoms with Crippen LogP contribution in [0.3, 0.4) is 0 Å². The Kier molecular flexibility index (Phi) is 33.2. The second kappa shape index (κ2) is 37.5. The van der Waals surface area contributed by atoms with Crippen molar-refractivity contribution in [2.24, 2.45) is 23.3 Å². The molecule has 0 fully saturated rings. The molecule has 0 radical (unpaired) electrons. The first-order valence-electron chi connectivity index (χ1n) is 26.3. The predicted molar refractivity (Wildman–Crippen MR) is 293 cm³/mol. The van der Waals surface area contributed by atoms with E-state index < -0.39 is 175 Å². The number of carbonyl (C=O) groups excluding carboxylic acids is 9. The molecular formula is C51H81N11O19S. The van der Waals surface area contributed by atoms with Crippen molar-refractivity contribution < 1.29 is 93.0 Å². The summed E-state index contributed by atoms with van der Waals surface area (Å²) in [5.74, 6) is -17.1. The fourth-order valence-corrected chi connectivity index (χ4v) is 8.26. The van der Waals surface area contributed by atoms with Crippen molar-refractivity contribution in [1.82, 2.24) is 47.9 Å². The van der Waals surface area contributed by atoms with Crippen molar-refractivity contribution in [3.63, 3.8) is 0 Å². The number of hydrogen-bond donors (Lipinski definition) is 17. The van der Waals surface area contributed by atoms with Crippen molar-refractivity contribution in [2.45, 2.75) is 165 Å². The van der Waals surface area contributed by atoms with Gasteiger partial charge in [0.1, 0.15) is 60.4 Å². The van der Waals surface area contributed by atoms with Crippen molar-refractivity contribution in [1.29, 1.82) is 0 Å². The molecule has 9 amide bonds. The number of unbranched alkanes of at least 4 members (excludes halogenated alkanes) is 1. The first-order valence-corrected chi connectivity index (χ1v) is 27.7. The third-order valence-corrected chi connectivity index (χ3v) is 12.7. The molecule has 0 saturated heterocycles. The van der Waals surface area contributed by atoms with Crippen LogP contribution in [0.5, 0.6) is 0 Å². The number of aliphatic carboxylic acids is 4. The molecule has 31 heteroatoms. The number of amides is 9. The molecule has 0 unspecified atom stereocenters. The van der Waals surface area contributed by atoms with Crippen molar-refractivity contribution in [2.75, 3.05) is 25.2 Å². The van der Waals surface area contributed by atoms with Gasteiger partial charge in [0.25, 0.3) is 0 Å². The minimum absolute atomic E-state index is 0.0386. The van der Waals surface area contributed by atoms with E-state index in [0.29, 0.717) is 24.9 Å². The lowest BCUT2D eigenvalue weighted by Crippen LogP contribution is -2.62. The van der Waals surface area contributed by atoms with E-state index in [2.05, 4.69) is 42.5 Å². The maximum absolute atomic E-state index is 14.0. The highest BCUT2D eigenvalue weighted by Gasteiger charge is 2.38. The van der Waals surface area contributed by atoms with Gasteiger partial charge in [-0.1, -0.05) is 58.0 Å². The Bertz CT molecular complexity index is 2350. The van der Waals surface area contributed by atoms with E-state index in [4.69, 9.17) is 11.5 Å². The topological polar surface area (TPSA) is 504 Å². The van der Waals surface area contributed by atoms with E-state index in [1.807, 2.05) is 5.32 Å². The first-order chi connectivity index (χ1) is 38.4. The summed E-state index contributed by atoms with van der Waals surface area (Å²) in [5, 5.41) is 79.7. The molecule has 11 atom stereocenters. The zero-order valence-electron chi connectivity index (χ0n) is 46.6. The van der Waals surface area contributed by atoms with Crippen LogP contribution in [0.1, 0.15) is 98.0 Å². The lowest BCUT2D eigenvalue weighted by molar-refractivity contribution is -0.144. The average Bonchev–Trinajstić information content (AvgIpc) is 3.43. The lowest BCUT2D eigenvalue weighted by Gasteiger charge is -2.29. The number of hydrogen-bond acceptors (Lipinski definition) is 18. The fourth-order valence-electron chi connectivity index (χ4n) is 7.79. The maximum Gasteiger partial charge on any atom is 0.326 e. The van der Waals surface area contributed by atoms with Crippen LogP contribution >= 0.6 is 11.8 Å². The van der Waals surface area contributed by atoms with Crippen LogP contribution in [0, 0.1) is 11.8 Å². The summed E-state index contributed by atoms with van der Waals surface area (Å²) in [7, 11) is 0. The molecule has 0 saturated carbocycles. The Labute approximate surface area is 477 Å². The maximum atomic E-state index is 14.0. The molecule has 0 aromatic heterocycles. The summed E-state index contributed by atoms with van der Waals surface area (Å²) in [4.78, 5) is 171. The van der Waals surface area contributed by atoms with Crippen LogP contribution in [-0.2, 0) is 68.7 Å². The van der Waals surface area contributed by atoms with Crippen LogP contribution < -0.4 is 59.3 Å². The van der Waals surface area contributed by atoms with Crippen LogP contribution in [0.15, 0.2) is 30.3 Å². The van der Waals surface area contributed by atoms with E-state index in [9.17, 15) is 93.0 Å². The molecule has 1 aromatic rings. The number of benzene rings is 1. The van der Waals surface area contributed by atoms with Gasteiger partial charge in [0.05, 0.1) is 32.0 Å². The average molecular weight is 1180 g/mol. The van der Waals surface area contributed by atoms with E-state index >= 15 is 0 Å². The number of aliphatic hydroxyl groups is 2. The van der Waals surface area contributed by atoms with Crippen molar-refractivity contribution >= 4 is 88.8 Å². The number of carbonyl (C=O) groups is 13. The van der Waals surface area contributed by atoms with Crippen molar-refractivity contribution in [3.05, 3.63) is 35.9 Å². The summed E-state index contributed by atoms with van der Waals surface area (Å²) >= 11 is 1.27. The minimum atomic E-state index is -2.15. The quantitative estimate of drug-likeness (QED) is 0.0277. The lowest BCUT2D eigenvalue weighted by atomic mass is 10.0. The van der Waals surface area contributed by atoms with Gasteiger partial charge in [0, 0.05) is 6.42 Å². The number of nitrogens with one attached hydrogen (secondary N) is 9. The summed E-state index contributed by atoms with van der Waals surface area (Å²) in [6.07, 6.45) is -3.18. The molecule has 0 heterocycles. The van der Waals surface area contributed by atoms with Crippen LogP contribution in [0.2, 0.25) is 0 Å². The second-order valence-electron chi connectivity index (χ2n) is 20.2. The standard InChI is InChI=1S/C51H81N11O19S/c1-25(2)18-32(44(73)55-31(51(80)81)14-10-11-16-52)57-43(72)30(15-17-82-6)54-47(76)35(21-38(65)66)58-45(74)33(19-26(3)4)61-50(79)41(27(5)64)62-49(78)37(23-40(69)70)60-48(77)36(22-39(67)68)59-46(75)34(56-42(71)29(53)24-63)20-28-12-8-7-9-13-28/h7-9,12-13,25-27,29-37,41,63-64H,10-11,14-24,52-53H2,1-6H3,(H,54,76)(H,55,73)(H,56,71)(H,57,72)(H,58,74)(H,59,75)(H,60,77)(H,61,79)(H,62,78)(H,65,66)(H,67,68)(H,69,70)(H,80,81)/t27-,29+,30+,31+,32+,33+,34+,35+,36+,37+,41+/m1/s1. The van der Waals surface area contributed by atoms with Crippen LogP contribution in [0.4, 0.5) is 0 Å². The Morgan fingerprint density at radius 2 is 0.866 bits per heavy atom. The molecule has 30 nitrogen and oxygen atoms in total. The molecule has 0 aliphatic heterocycles. The molecule has 82 heavy (non-hydrogen) atoms. The molecule has 0 bridgehead atoms. The highest BCUT2D eigenvalue weighted by molar-refractivity contribution is 7.98. The Morgan fingerprint density at radius 1 is 0.488 bits per heavy atom. The summed E-state index contributed by atoms with van der Waals surface area (Å²) in [5.41, 5.74) is 11.6. The van der Waals surface area contributed by atoms with Gasteiger partial charge in [-0.05, 0) is 81.4 Å². The third-order valence-electron chi connectivity index (χ3n) is 12.0. The minimum Gasteiger partial charge on any atom is -0.481 e. The highest BCUT2D eigenvalue weighted by Crippen LogP contribution is 2.13. The molecule has 19 N–H and O–H groups in total. The first kappa shape index (κ1) is 72.5. The van der Waals surface area contributed by atoms with Crippen LogP contribution in [-0.4, -0.2) is 199 Å². The molecule has 1 rings (SSSR count). The second-order valence-corrected chi connectivity index (χ2v) is 21.1.